The van der Waals surface area contributed by atoms with Gasteiger partial charge in [0.15, 0.2) is 17.3 Å². The SMILES string of the molecule is CNC(=O)c1ccc(CN2Cc3ccc(F)cc3Oc3cc4c(cc3C2)OCO4)o1. The molecular weight excluding hydrogens is 391 g/mol. The van der Waals surface area contributed by atoms with E-state index in [1.807, 2.05) is 6.07 Å². The number of furan rings is 1. The van der Waals surface area contributed by atoms with Gasteiger partial charge in [-0.1, -0.05) is 6.07 Å². The summed E-state index contributed by atoms with van der Waals surface area (Å²) in [4.78, 5) is 13.9. The standard InChI is InChI=1S/C22H19FN2O5/c1-24-22(26)17-5-4-16(29-17)11-25-9-13-2-3-15(23)7-18(13)30-19-8-21-20(27-12-28-21)6-14(19)10-25/h2-8H,9-12H2,1H3,(H,24,26). The number of amides is 1. The Kier molecular flexibility index (Phi) is 4.55. The molecule has 7 nitrogen and oxygen atoms in total. The number of hydrogen-bond donors (Lipinski definition) is 1. The van der Waals surface area contributed by atoms with Gasteiger partial charge in [-0.2, -0.15) is 0 Å². The molecule has 8 heteroatoms. The van der Waals surface area contributed by atoms with Crippen LogP contribution in [0.15, 0.2) is 46.9 Å². The second kappa shape index (κ2) is 7.38. The predicted octanol–water partition coefficient (Wildman–Crippen LogP) is 3.82. The molecular formula is C22H19FN2O5. The summed E-state index contributed by atoms with van der Waals surface area (Å²) in [6.07, 6.45) is 0. The molecule has 2 aromatic carbocycles. The van der Waals surface area contributed by atoms with E-state index >= 15 is 0 Å². The van der Waals surface area contributed by atoms with Gasteiger partial charge in [-0.05, 0) is 24.3 Å². The molecule has 3 aromatic rings. The Bertz CT molecular complexity index is 1130. The van der Waals surface area contributed by atoms with Gasteiger partial charge in [-0.3, -0.25) is 9.69 Å². The van der Waals surface area contributed by atoms with Crippen molar-refractivity contribution in [1.82, 2.24) is 10.2 Å². The molecule has 154 valence electrons. The van der Waals surface area contributed by atoms with Crippen LogP contribution in [-0.2, 0) is 19.6 Å². The zero-order valence-electron chi connectivity index (χ0n) is 16.2. The van der Waals surface area contributed by atoms with E-state index in [0.29, 0.717) is 48.4 Å². The lowest BCUT2D eigenvalue weighted by atomic mass is 10.1. The van der Waals surface area contributed by atoms with Crippen LogP contribution in [0.2, 0.25) is 0 Å². The number of benzene rings is 2. The highest BCUT2D eigenvalue weighted by Crippen LogP contribution is 2.42. The Balaban J connectivity index is 1.51. The third kappa shape index (κ3) is 3.46. The molecule has 2 aliphatic heterocycles. The van der Waals surface area contributed by atoms with Gasteiger partial charge in [0.2, 0.25) is 6.79 Å². The van der Waals surface area contributed by atoms with E-state index in [9.17, 15) is 9.18 Å². The fourth-order valence-corrected chi connectivity index (χ4v) is 3.63. The number of hydrogen-bond acceptors (Lipinski definition) is 6. The van der Waals surface area contributed by atoms with Gasteiger partial charge >= 0.3 is 0 Å². The van der Waals surface area contributed by atoms with Crippen molar-refractivity contribution < 1.29 is 27.8 Å². The summed E-state index contributed by atoms with van der Waals surface area (Å²) in [5.74, 6) is 2.55. The van der Waals surface area contributed by atoms with Gasteiger partial charge in [0, 0.05) is 43.4 Å². The Hall–Kier alpha value is -3.52. The van der Waals surface area contributed by atoms with Crippen molar-refractivity contribution in [3.63, 3.8) is 0 Å². The zero-order valence-corrected chi connectivity index (χ0v) is 16.2. The van der Waals surface area contributed by atoms with Gasteiger partial charge in [0.05, 0.1) is 6.54 Å². The van der Waals surface area contributed by atoms with E-state index in [-0.39, 0.29) is 24.3 Å². The summed E-state index contributed by atoms with van der Waals surface area (Å²) < 4.78 is 36.6. The Morgan fingerprint density at radius 2 is 1.77 bits per heavy atom. The van der Waals surface area contributed by atoms with Crippen LogP contribution in [0.4, 0.5) is 4.39 Å². The molecule has 2 aliphatic rings. The molecule has 30 heavy (non-hydrogen) atoms. The lowest BCUT2D eigenvalue weighted by Gasteiger charge is -2.27. The van der Waals surface area contributed by atoms with E-state index < -0.39 is 0 Å². The first-order valence-electron chi connectivity index (χ1n) is 9.51. The number of rotatable bonds is 3. The molecule has 1 aromatic heterocycles. The molecule has 1 N–H and O–H groups in total. The van der Waals surface area contributed by atoms with Crippen molar-refractivity contribution in [2.45, 2.75) is 19.6 Å². The average molecular weight is 410 g/mol. The molecule has 0 spiro atoms. The number of nitrogens with zero attached hydrogens (tertiary/aromatic N) is 1. The minimum atomic E-state index is -0.371. The number of fused-ring (bicyclic) bond motifs is 3. The summed E-state index contributed by atoms with van der Waals surface area (Å²) in [6, 6.07) is 11.6. The molecule has 5 rings (SSSR count). The third-order valence-electron chi connectivity index (χ3n) is 5.08. The fourth-order valence-electron chi connectivity index (χ4n) is 3.63. The van der Waals surface area contributed by atoms with Gasteiger partial charge in [-0.25, -0.2) is 4.39 Å². The van der Waals surface area contributed by atoms with Crippen LogP contribution in [0.25, 0.3) is 0 Å². The second-order valence-corrected chi connectivity index (χ2v) is 7.16. The highest BCUT2D eigenvalue weighted by Gasteiger charge is 2.24. The number of halogens is 1. The van der Waals surface area contributed by atoms with Gasteiger partial charge < -0.3 is 23.9 Å². The second-order valence-electron chi connectivity index (χ2n) is 7.16. The minimum Gasteiger partial charge on any atom is -0.456 e. The van der Waals surface area contributed by atoms with Crippen LogP contribution < -0.4 is 19.5 Å². The molecule has 1 amide bonds. The lowest BCUT2D eigenvalue weighted by molar-refractivity contribution is 0.0931. The van der Waals surface area contributed by atoms with E-state index in [1.54, 1.807) is 31.3 Å². The van der Waals surface area contributed by atoms with Crippen molar-refractivity contribution in [1.29, 1.82) is 0 Å². The van der Waals surface area contributed by atoms with Crippen molar-refractivity contribution >= 4 is 5.91 Å². The number of carbonyl (C=O) groups excluding carboxylic acids is 1. The van der Waals surface area contributed by atoms with E-state index in [2.05, 4.69) is 10.2 Å². The number of carbonyl (C=O) groups is 1. The summed E-state index contributed by atoms with van der Waals surface area (Å²) in [5.41, 5.74) is 1.73. The summed E-state index contributed by atoms with van der Waals surface area (Å²) >= 11 is 0. The number of nitrogens with one attached hydrogen (secondary N) is 1. The average Bonchev–Trinajstić information content (AvgIpc) is 3.37. The van der Waals surface area contributed by atoms with E-state index in [1.165, 1.54) is 12.1 Å². The molecule has 0 bridgehead atoms. The number of ether oxygens (including phenoxy) is 3. The predicted molar refractivity (Wildman–Crippen MR) is 104 cm³/mol. The van der Waals surface area contributed by atoms with Crippen molar-refractivity contribution in [3.8, 4) is 23.0 Å². The van der Waals surface area contributed by atoms with Crippen molar-refractivity contribution in [3.05, 3.63) is 70.9 Å². The van der Waals surface area contributed by atoms with Gasteiger partial charge in [0.25, 0.3) is 5.91 Å². The third-order valence-corrected chi connectivity index (χ3v) is 5.08. The van der Waals surface area contributed by atoms with Crippen LogP contribution in [-0.4, -0.2) is 24.6 Å². The summed E-state index contributed by atoms with van der Waals surface area (Å²) in [5, 5.41) is 2.55. The normalized spacial score (nSPS) is 14.9. The first-order valence-corrected chi connectivity index (χ1v) is 9.51. The quantitative estimate of drug-likeness (QED) is 0.708. The largest absolute Gasteiger partial charge is 0.456 e. The molecule has 0 saturated carbocycles. The monoisotopic (exact) mass is 410 g/mol. The maximum atomic E-state index is 13.9. The maximum absolute atomic E-state index is 13.9. The topological polar surface area (TPSA) is 73.2 Å². The first-order chi connectivity index (χ1) is 14.6. The van der Waals surface area contributed by atoms with Crippen LogP contribution in [0.1, 0.15) is 27.4 Å². The fraction of sp³-hybridized carbons (Fsp3) is 0.227. The Morgan fingerprint density at radius 3 is 2.60 bits per heavy atom. The van der Waals surface area contributed by atoms with Crippen molar-refractivity contribution in [2.24, 2.45) is 0 Å². The Morgan fingerprint density at radius 1 is 1.00 bits per heavy atom. The molecule has 0 aliphatic carbocycles. The first kappa shape index (κ1) is 18.5. The maximum Gasteiger partial charge on any atom is 0.286 e. The van der Waals surface area contributed by atoms with Crippen LogP contribution in [0.3, 0.4) is 0 Å². The molecule has 0 unspecified atom stereocenters. The summed E-state index contributed by atoms with van der Waals surface area (Å²) in [6.45, 7) is 1.67. The molecule has 0 saturated heterocycles. The van der Waals surface area contributed by atoms with Crippen LogP contribution in [0.5, 0.6) is 23.0 Å². The zero-order chi connectivity index (χ0) is 20.7. The molecule has 0 radical (unpaired) electrons. The highest BCUT2D eigenvalue weighted by atomic mass is 19.1. The smallest absolute Gasteiger partial charge is 0.286 e. The molecule has 3 heterocycles. The Labute approximate surface area is 171 Å². The van der Waals surface area contributed by atoms with Gasteiger partial charge in [-0.15, -0.1) is 0 Å². The lowest BCUT2D eigenvalue weighted by Crippen LogP contribution is -2.24. The van der Waals surface area contributed by atoms with E-state index in [4.69, 9.17) is 18.6 Å². The molecule has 0 atom stereocenters. The van der Waals surface area contributed by atoms with Crippen LogP contribution in [0, 0.1) is 5.82 Å². The molecule has 0 fully saturated rings. The van der Waals surface area contributed by atoms with E-state index in [0.717, 1.165) is 11.1 Å². The minimum absolute atomic E-state index is 0.155. The highest BCUT2D eigenvalue weighted by molar-refractivity contribution is 5.91. The van der Waals surface area contributed by atoms with Gasteiger partial charge in [0.1, 0.15) is 23.1 Å². The summed E-state index contributed by atoms with van der Waals surface area (Å²) in [7, 11) is 1.56. The van der Waals surface area contributed by atoms with Crippen LogP contribution >= 0.6 is 0 Å². The van der Waals surface area contributed by atoms with Crippen molar-refractivity contribution in [2.75, 3.05) is 13.8 Å².